The van der Waals surface area contributed by atoms with Crippen molar-refractivity contribution >= 4 is 29.6 Å². The van der Waals surface area contributed by atoms with Gasteiger partial charge in [0.25, 0.3) is 5.79 Å². The Morgan fingerprint density at radius 2 is 0.752 bits per heavy atom. The standard InChI is InChI=1S/C65H108N4O48/c1-15-33(83)41(91)44(94)59(102-15)113-52-32(69-19(5)80)58(108-27(13-76)50(52)112-62-47(97)54(37(87)24(10-73)105-62)117-65(64(99)100)6-20(81)29(66-16(2)77)51(116-65)34(84)21(82)7-70)115-55-43(93)36(86)23(9-72)106-63(55)101-14-28-38(88)53(114-60-45(95)42(92)35(85)22(8-71)104-60)46(96)61(109-28)111-49-26(12-75)107-57(31(40(49)90)68-18(4)79)110-48-25(11-74)103-56(98)30(39(48)89)67-17(3)78/h15,20-63,70-76,81-98H,6-14H2,1-5H3,(H,66,77)(H,67,78)(H,68,79)(H,69,80)(H,99,100)/t15-,20-,21+,22+,23+,24+,25+,26+,27+,28+,29+,30+,31+,32+,33+,34+,35+,36+,37-,38+,39+,40+,41+,42-,43-,44-,45-,46-,47+,48+,49+,50+,51+,52+,53-,54-,55-,56+,57-,58-,59-,60+,61-,62-,63-,65-/m0/s1. The second-order valence-electron chi connectivity index (χ2n) is 29.6. The Kier molecular flexibility index (Phi) is 34.2. The third kappa shape index (κ3) is 21.2. The summed E-state index contributed by atoms with van der Waals surface area (Å²) in [4.78, 5) is 64.3. The molecule has 0 bridgehead atoms. The van der Waals surface area contributed by atoms with Gasteiger partial charge in [0.15, 0.2) is 50.3 Å². The van der Waals surface area contributed by atoms with Crippen LogP contribution in [-0.2, 0) is 104 Å². The van der Waals surface area contributed by atoms with Gasteiger partial charge in [0, 0.05) is 34.1 Å². The van der Waals surface area contributed by atoms with Crippen LogP contribution in [0, 0.1) is 0 Å². The summed E-state index contributed by atoms with van der Waals surface area (Å²) in [6, 6.07) is -7.43. The van der Waals surface area contributed by atoms with Crippen molar-refractivity contribution in [2.45, 2.75) is 323 Å². The molecule has 4 amide bonds. The van der Waals surface area contributed by atoms with Gasteiger partial charge in [0.05, 0.1) is 71.1 Å². The van der Waals surface area contributed by atoms with Crippen molar-refractivity contribution < 1.29 is 237 Å². The first-order valence-corrected chi connectivity index (χ1v) is 37.1. The van der Waals surface area contributed by atoms with E-state index in [2.05, 4.69) is 21.3 Å². The number of hydrogen-bond donors (Lipinski definition) is 30. The smallest absolute Gasteiger partial charge is 0.364 e. The van der Waals surface area contributed by atoms with Gasteiger partial charge in [-0.3, -0.25) is 19.2 Å². The number of ether oxygens (including phenoxy) is 17. The molecule has 676 valence electrons. The lowest BCUT2D eigenvalue weighted by Crippen LogP contribution is -2.72. The van der Waals surface area contributed by atoms with Crippen LogP contribution in [-0.4, -0.2) is 497 Å². The summed E-state index contributed by atoms with van der Waals surface area (Å²) in [6.45, 7) is -4.42. The summed E-state index contributed by atoms with van der Waals surface area (Å²) < 4.78 is 101. The molecule has 0 spiro atoms. The van der Waals surface area contributed by atoms with E-state index in [1.807, 2.05) is 0 Å². The molecule has 9 aliphatic rings. The van der Waals surface area contributed by atoms with Gasteiger partial charge >= 0.3 is 5.97 Å². The van der Waals surface area contributed by atoms with Crippen LogP contribution in [0.1, 0.15) is 41.0 Å². The molecule has 46 atom stereocenters. The fraction of sp³-hybridized carbons (Fsp3) is 0.923. The van der Waals surface area contributed by atoms with Gasteiger partial charge in [-0.2, -0.15) is 0 Å². The molecule has 0 saturated carbocycles. The van der Waals surface area contributed by atoms with E-state index in [1.54, 1.807) is 0 Å². The Hall–Kier alpha value is -4.33. The first kappa shape index (κ1) is 96.5. The quantitative estimate of drug-likeness (QED) is 0.0306. The molecule has 30 N–H and O–H groups in total. The highest BCUT2D eigenvalue weighted by Gasteiger charge is 2.64. The summed E-state index contributed by atoms with van der Waals surface area (Å²) in [7, 11) is 0. The monoisotopic (exact) mass is 1710 g/mol. The van der Waals surface area contributed by atoms with Gasteiger partial charge in [-0.1, -0.05) is 0 Å². The first-order chi connectivity index (χ1) is 55.1. The predicted molar refractivity (Wildman–Crippen MR) is 359 cm³/mol. The van der Waals surface area contributed by atoms with Crippen LogP contribution in [0.2, 0.25) is 0 Å². The molecule has 0 aromatic rings. The molecule has 9 saturated heterocycles. The zero-order valence-corrected chi connectivity index (χ0v) is 63.0. The number of rotatable bonds is 31. The van der Waals surface area contributed by atoms with Crippen molar-refractivity contribution in [2.24, 2.45) is 0 Å². The van der Waals surface area contributed by atoms with E-state index in [0.717, 1.165) is 27.7 Å². The average molecular weight is 1710 g/mol. The van der Waals surface area contributed by atoms with Crippen LogP contribution in [0.4, 0.5) is 0 Å². The number of aliphatic hydroxyl groups is 25. The molecule has 9 heterocycles. The number of nitrogens with one attached hydrogen (secondary N) is 4. The maximum Gasteiger partial charge on any atom is 0.364 e. The Balaban J connectivity index is 1.04. The minimum Gasteiger partial charge on any atom is -0.477 e. The number of carboxylic acid groups (broad SMARTS) is 1. The fourth-order valence-electron chi connectivity index (χ4n) is 15.1. The molecular formula is C65H108N4O48. The van der Waals surface area contributed by atoms with E-state index < -0.39 is 371 Å². The molecule has 52 nitrogen and oxygen atoms in total. The minimum absolute atomic E-state index is 0.780. The molecule has 0 aromatic carbocycles. The van der Waals surface area contributed by atoms with Crippen molar-refractivity contribution in [3.8, 4) is 0 Å². The molecule has 0 aliphatic carbocycles. The summed E-state index contributed by atoms with van der Waals surface area (Å²) in [6.07, 6.45) is -89.6. The maximum atomic E-state index is 13.6. The molecular weight excluding hydrogens is 1600 g/mol. The van der Waals surface area contributed by atoms with Gasteiger partial charge < -0.3 is 235 Å². The van der Waals surface area contributed by atoms with Crippen LogP contribution < -0.4 is 21.3 Å². The molecule has 9 aliphatic heterocycles. The fourth-order valence-corrected chi connectivity index (χ4v) is 15.1. The number of carbonyl (C=O) groups excluding carboxylic acids is 4. The lowest BCUT2D eigenvalue weighted by molar-refractivity contribution is -0.401. The summed E-state index contributed by atoms with van der Waals surface area (Å²) in [5.74, 6) is -9.19. The van der Waals surface area contributed by atoms with Crippen LogP contribution in [0.3, 0.4) is 0 Å². The highest BCUT2D eigenvalue weighted by molar-refractivity contribution is 5.77. The van der Waals surface area contributed by atoms with E-state index in [9.17, 15) is 157 Å². The zero-order chi connectivity index (χ0) is 86.6. The van der Waals surface area contributed by atoms with Gasteiger partial charge in [0.1, 0.15) is 207 Å². The number of aliphatic hydroxyl groups excluding tert-OH is 25. The molecule has 9 rings (SSSR count). The zero-order valence-electron chi connectivity index (χ0n) is 63.0. The Morgan fingerprint density at radius 3 is 1.29 bits per heavy atom. The Morgan fingerprint density at radius 1 is 0.368 bits per heavy atom. The highest BCUT2D eigenvalue weighted by Crippen LogP contribution is 2.42. The molecule has 9 fully saturated rings. The second-order valence-corrected chi connectivity index (χ2v) is 29.6. The Bertz CT molecular complexity index is 3190. The lowest BCUT2D eigenvalue weighted by atomic mass is 9.88. The lowest BCUT2D eigenvalue weighted by Gasteiger charge is -2.52. The van der Waals surface area contributed by atoms with Gasteiger partial charge in [0.2, 0.25) is 23.6 Å². The largest absolute Gasteiger partial charge is 0.477 e. The summed E-state index contributed by atoms with van der Waals surface area (Å²) >= 11 is 0. The number of hydrogen-bond acceptors (Lipinski definition) is 47. The molecule has 0 aromatic heterocycles. The normalized spacial score (nSPS) is 47.9. The second kappa shape index (κ2) is 41.4. The third-order valence-corrected chi connectivity index (χ3v) is 21.3. The van der Waals surface area contributed by atoms with Gasteiger partial charge in [-0.25, -0.2) is 4.79 Å². The molecule has 0 radical (unpaired) electrons. The highest BCUT2D eigenvalue weighted by atomic mass is 16.8. The predicted octanol–water partition coefficient (Wildman–Crippen LogP) is -19.8. The molecule has 0 unspecified atom stereocenters. The van der Waals surface area contributed by atoms with Crippen molar-refractivity contribution in [3.05, 3.63) is 0 Å². The number of carboxylic acids is 1. The van der Waals surface area contributed by atoms with Crippen molar-refractivity contribution in [3.63, 3.8) is 0 Å². The van der Waals surface area contributed by atoms with Crippen LogP contribution in [0.5, 0.6) is 0 Å². The number of carbonyl (C=O) groups is 5. The molecule has 117 heavy (non-hydrogen) atoms. The Labute approximate surface area is 662 Å². The summed E-state index contributed by atoms with van der Waals surface area (Å²) in [5, 5.41) is 299. The van der Waals surface area contributed by atoms with E-state index >= 15 is 0 Å². The van der Waals surface area contributed by atoms with Crippen LogP contribution in [0.15, 0.2) is 0 Å². The van der Waals surface area contributed by atoms with Crippen LogP contribution >= 0.6 is 0 Å². The van der Waals surface area contributed by atoms with E-state index in [-0.39, 0.29) is 0 Å². The third-order valence-electron chi connectivity index (χ3n) is 21.3. The topological polar surface area (TPSA) is 816 Å². The van der Waals surface area contributed by atoms with Gasteiger partial charge in [-0.15, -0.1) is 0 Å². The van der Waals surface area contributed by atoms with E-state index in [4.69, 9.17) is 80.5 Å². The van der Waals surface area contributed by atoms with Crippen LogP contribution in [0.25, 0.3) is 0 Å². The molecule has 52 heteroatoms. The SMILES string of the molecule is CC(=O)N[C@@H]1[C@@H](O)[C@H](O[C@@H]2O[C@H](CO)[C@@H](O[C@@H]3O[C@H](CO[C@H]4O[C@H](CO)[C@@H](O)[C@H](O)[C@@H]4O[C@@H]4O[C@H](CO)[C@@H](O[C@@H]5O[C@H](CO)[C@H](O)[C@H](O[C@]6(C(=O)O)C[C@H](O)[C@@H](NC(C)=O)[C@H]([C@H](O)[C@H](O)CO)O6)[C@H]5O)[C@H](O[C@@H]5O[C@@H](C)[C@@H](O)[C@@H](O)[C@@H]5O)[C@H]4NC(C)=O)[C@@H](O)[C@H](O[C@H]4O[C@H](CO)[C@@H](O)[C@H](O)[C@@H]4O)[C@@H]3O)[C@H](O)[C@H]2NC(C)=O)[C@@H](CO)O[C@H]1O. The summed E-state index contributed by atoms with van der Waals surface area (Å²) in [5.41, 5.74) is 0. The van der Waals surface area contributed by atoms with E-state index in [0.29, 0.717) is 0 Å². The van der Waals surface area contributed by atoms with Crippen molar-refractivity contribution in [2.75, 3.05) is 52.9 Å². The minimum atomic E-state index is -3.35. The van der Waals surface area contributed by atoms with E-state index in [1.165, 1.54) is 6.92 Å². The van der Waals surface area contributed by atoms with Gasteiger partial charge in [-0.05, 0) is 6.92 Å². The maximum absolute atomic E-state index is 13.6. The first-order valence-electron chi connectivity index (χ1n) is 37.1. The van der Waals surface area contributed by atoms with Crippen molar-refractivity contribution in [1.29, 1.82) is 0 Å². The number of aliphatic carboxylic acids is 1. The van der Waals surface area contributed by atoms with Crippen molar-refractivity contribution in [1.82, 2.24) is 21.3 Å². The average Bonchev–Trinajstić information content (AvgIpc) is 0.756. The number of amides is 4.